The second-order valence-corrected chi connectivity index (χ2v) is 6.72. The van der Waals surface area contributed by atoms with Crippen molar-refractivity contribution in [3.05, 3.63) is 53.7 Å². The van der Waals surface area contributed by atoms with Gasteiger partial charge in [-0.15, -0.1) is 11.8 Å². The maximum atomic E-state index is 13.4. The number of thioether (sulfide) groups is 1. The maximum absolute atomic E-state index is 13.4. The van der Waals surface area contributed by atoms with Crippen LogP contribution >= 0.6 is 11.8 Å². The van der Waals surface area contributed by atoms with E-state index in [9.17, 15) is 13.6 Å². The molecular formula is C18H19F2N3OS. The number of halogens is 2. The summed E-state index contributed by atoms with van der Waals surface area (Å²) in [5.41, 5.74) is 1.12. The van der Waals surface area contributed by atoms with Gasteiger partial charge in [-0.25, -0.2) is 13.8 Å². The molecule has 1 saturated heterocycles. The van der Waals surface area contributed by atoms with Crippen molar-refractivity contribution in [2.75, 3.05) is 24.7 Å². The quantitative estimate of drug-likeness (QED) is 0.840. The lowest BCUT2D eigenvalue weighted by Crippen LogP contribution is -2.45. The van der Waals surface area contributed by atoms with Crippen LogP contribution in [0.5, 0.6) is 0 Å². The fourth-order valence-electron chi connectivity index (χ4n) is 2.99. The Bertz CT molecular complexity index is 772. The molecule has 25 heavy (non-hydrogen) atoms. The molecule has 2 aromatic rings. The topological polar surface area (TPSA) is 45.2 Å². The van der Waals surface area contributed by atoms with E-state index < -0.39 is 11.6 Å². The molecule has 7 heteroatoms. The van der Waals surface area contributed by atoms with E-state index in [1.54, 1.807) is 23.2 Å². The number of rotatable bonds is 4. The van der Waals surface area contributed by atoms with Gasteiger partial charge in [0.25, 0.3) is 5.91 Å². The van der Waals surface area contributed by atoms with Crippen molar-refractivity contribution in [1.29, 1.82) is 0 Å². The van der Waals surface area contributed by atoms with Crippen LogP contribution < -0.4 is 5.32 Å². The van der Waals surface area contributed by atoms with Crippen LogP contribution in [0.25, 0.3) is 0 Å². The van der Waals surface area contributed by atoms with Crippen LogP contribution in [0.15, 0.2) is 41.6 Å². The lowest BCUT2D eigenvalue weighted by molar-refractivity contribution is 0.0710. The zero-order valence-electron chi connectivity index (χ0n) is 13.8. The molecule has 0 radical (unpaired) electrons. The first-order valence-corrected chi connectivity index (χ1v) is 9.31. The summed E-state index contributed by atoms with van der Waals surface area (Å²) in [6, 6.07) is 7.29. The van der Waals surface area contributed by atoms with Crippen molar-refractivity contribution in [1.82, 2.24) is 9.88 Å². The van der Waals surface area contributed by atoms with Crippen LogP contribution in [-0.4, -0.2) is 41.2 Å². The van der Waals surface area contributed by atoms with E-state index in [1.165, 1.54) is 17.8 Å². The predicted molar refractivity (Wildman–Crippen MR) is 94.9 cm³/mol. The van der Waals surface area contributed by atoms with Gasteiger partial charge in [-0.05, 0) is 43.4 Å². The van der Waals surface area contributed by atoms with Gasteiger partial charge in [0.15, 0.2) is 11.6 Å². The molecule has 0 bridgehead atoms. The Labute approximate surface area is 149 Å². The minimum absolute atomic E-state index is 0.00281. The van der Waals surface area contributed by atoms with Gasteiger partial charge in [-0.1, -0.05) is 0 Å². The number of benzene rings is 1. The number of carbonyl (C=O) groups excluding carboxylic acids is 1. The Balaban J connectivity index is 1.70. The Morgan fingerprint density at radius 1 is 1.32 bits per heavy atom. The highest BCUT2D eigenvalue weighted by atomic mass is 32.2. The van der Waals surface area contributed by atoms with Crippen molar-refractivity contribution >= 4 is 23.4 Å². The van der Waals surface area contributed by atoms with Crippen LogP contribution in [0.2, 0.25) is 0 Å². The number of amides is 1. The highest BCUT2D eigenvalue weighted by Gasteiger charge is 2.26. The predicted octanol–water partition coefficient (Wildman–Crippen LogP) is 3.80. The third-order valence-corrected chi connectivity index (χ3v) is 4.91. The maximum Gasteiger partial charge on any atom is 0.256 e. The third-order valence-electron chi connectivity index (χ3n) is 4.19. The molecule has 0 unspecified atom stereocenters. The number of likely N-dealkylation sites (tertiary alicyclic amines) is 1. The molecule has 1 aliphatic rings. The number of piperidine rings is 1. The molecule has 132 valence electrons. The SMILES string of the molecule is CSc1ncccc1C(=O)N1CCC[C@H](Nc2ccc(F)c(F)c2)C1. The number of hydrogen-bond donors (Lipinski definition) is 1. The van der Waals surface area contributed by atoms with E-state index in [0.717, 1.165) is 25.0 Å². The van der Waals surface area contributed by atoms with Crippen molar-refractivity contribution < 1.29 is 13.6 Å². The van der Waals surface area contributed by atoms with Gasteiger partial charge in [0.1, 0.15) is 5.03 Å². The molecule has 1 amide bonds. The lowest BCUT2D eigenvalue weighted by atomic mass is 10.0. The number of carbonyl (C=O) groups is 1. The van der Waals surface area contributed by atoms with Crippen LogP contribution in [0.3, 0.4) is 0 Å². The van der Waals surface area contributed by atoms with Gasteiger partial charge in [0, 0.05) is 37.1 Å². The largest absolute Gasteiger partial charge is 0.380 e. The zero-order chi connectivity index (χ0) is 17.8. The van der Waals surface area contributed by atoms with E-state index in [0.29, 0.717) is 29.4 Å². The molecule has 1 aromatic carbocycles. The number of pyridine rings is 1. The average Bonchev–Trinajstić information content (AvgIpc) is 2.64. The Morgan fingerprint density at radius 2 is 2.16 bits per heavy atom. The number of nitrogens with one attached hydrogen (secondary N) is 1. The summed E-state index contributed by atoms with van der Waals surface area (Å²) in [6.07, 6.45) is 5.28. The number of anilines is 1. The average molecular weight is 363 g/mol. The van der Waals surface area contributed by atoms with E-state index >= 15 is 0 Å². The van der Waals surface area contributed by atoms with Gasteiger partial charge in [0.05, 0.1) is 5.56 Å². The van der Waals surface area contributed by atoms with E-state index in [1.807, 2.05) is 6.26 Å². The zero-order valence-corrected chi connectivity index (χ0v) is 14.7. The molecule has 2 heterocycles. The second-order valence-electron chi connectivity index (χ2n) is 5.92. The molecule has 4 nitrogen and oxygen atoms in total. The lowest BCUT2D eigenvalue weighted by Gasteiger charge is -2.34. The Kier molecular flexibility index (Phi) is 5.53. The number of aromatic nitrogens is 1. The molecule has 1 fully saturated rings. The molecule has 1 aliphatic heterocycles. The monoisotopic (exact) mass is 363 g/mol. The Morgan fingerprint density at radius 3 is 2.92 bits per heavy atom. The summed E-state index contributed by atoms with van der Waals surface area (Å²) in [5.74, 6) is -1.80. The van der Waals surface area contributed by atoms with Gasteiger partial charge < -0.3 is 10.2 Å². The minimum Gasteiger partial charge on any atom is -0.380 e. The summed E-state index contributed by atoms with van der Waals surface area (Å²) in [5, 5.41) is 3.90. The molecule has 0 aliphatic carbocycles. The molecule has 1 aromatic heterocycles. The van der Waals surface area contributed by atoms with Gasteiger partial charge in [-0.2, -0.15) is 0 Å². The van der Waals surface area contributed by atoms with Gasteiger partial charge in [-0.3, -0.25) is 4.79 Å². The summed E-state index contributed by atoms with van der Waals surface area (Å²) in [6.45, 7) is 1.19. The van der Waals surface area contributed by atoms with Crippen LogP contribution in [0, 0.1) is 11.6 Å². The summed E-state index contributed by atoms with van der Waals surface area (Å²) >= 11 is 1.44. The summed E-state index contributed by atoms with van der Waals surface area (Å²) in [4.78, 5) is 18.8. The van der Waals surface area contributed by atoms with E-state index in [-0.39, 0.29) is 11.9 Å². The van der Waals surface area contributed by atoms with Crippen molar-refractivity contribution in [2.24, 2.45) is 0 Å². The van der Waals surface area contributed by atoms with Crippen LogP contribution in [0.4, 0.5) is 14.5 Å². The molecular weight excluding hydrogens is 344 g/mol. The summed E-state index contributed by atoms with van der Waals surface area (Å²) < 4.78 is 26.4. The molecule has 1 N–H and O–H groups in total. The highest BCUT2D eigenvalue weighted by Crippen LogP contribution is 2.22. The second kappa shape index (κ2) is 7.82. The van der Waals surface area contributed by atoms with Crippen molar-refractivity contribution in [2.45, 2.75) is 23.9 Å². The molecule has 0 spiro atoms. The smallest absolute Gasteiger partial charge is 0.256 e. The summed E-state index contributed by atoms with van der Waals surface area (Å²) in [7, 11) is 0. The van der Waals surface area contributed by atoms with Crippen LogP contribution in [-0.2, 0) is 0 Å². The first-order valence-electron chi connectivity index (χ1n) is 8.08. The van der Waals surface area contributed by atoms with Gasteiger partial charge in [0.2, 0.25) is 0 Å². The highest BCUT2D eigenvalue weighted by molar-refractivity contribution is 7.98. The fourth-order valence-corrected chi connectivity index (χ4v) is 3.53. The number of nitrogens with zero attached hydrogens (tertiary/aromatic N) is 2. The van der Waals surface area contributed by atoms with E-state index in [2.05, 4.69) is 10.3 Å². The fraction of sp³-hybridized carbons (Fsp3) is 0.333. The number of hydrogen-bond acceptors (Lipinski definition) is 4. The minimum atomic E-state index is -0.881. The first kappa shape index (κ1) is 17.7. The third kappa shape index (κ3) is 4.10. The van der Waals surface area contributed by atoms with Crippen LogP contribution in [0.1, 0.15) is 23.2 Å². The molecule has 3 rings (SSSR count). The Hall–Kier alpha value is -2.15. The van der Waals surface area contributed by atoms with Crippen molar-refractivity contribution in [3.8, 4) is 0 Å². The van der Waals surface area contributed by atoms with Gasteiger partial charge >= 0.3 is 0 Å². The first-order chi connectivity index (χ1) is 12.1. The standard InChI is InChI=1S/C18H19F2N3OS/c1-25-17-14(5-2-8-21-17)18(24)23-9-3-4-13(11-23)22-12-6-7-15(19)16(20)10-12/h2,5-8,10,13,22H,3-4,9,11H2,1H3/t13-/m0/s1. The van der Waals surface area contributed by atoms with Crippen molar-refractivity contribution in [3.63, 3.8) is 0 Å². The molecule has 1 atom stereocenters. The normalized spacial score (nSPS) is 17.4. The molecule has 0 saturated carbocycles. The van der Waals surface area contributed by atoms with E-state index in [4.69, 9.17) is 0 Å².